The number of rotatable bonds is 2. The van der Waals surface area contributed by atoms with Crippen LogP contribution in [0.2, 0.25) is 0 Å². The Hall–Kier alpha value is -2.64. The molecule has 1 aliphatic heterocycles. The molecule has 1 unspecified atom stereocenters. The van der Waals surface area contributed by atoms with E-state index in [9.17, 15) is 0 Å². The highest BCUT2D eigenvalue weighted by molar-refractivity contribution is 5.86. The summed E-state index contributed by atoms with van der Waals surface area (Å²) in [6.45, 7) is 0.655. The van der Waals surface area contributed by atoms with Crippen LogP contribution in [0, 0.1) is 0 Å². The van der Waals surface area contributed by atoms with Crippen LogP contribution < -0.4 is 0 Å². The molecule has 0 N–H and O–H groups in total. The molecular weight excluding hydrogens is 280 g/mol. The van der Waals surface area contributed by atoms with E-state index in [0.29, 0.717) is 6.61 Å². The fourth-order valence-corrected chi connectivity index (χ4v) is 3.12. The zero-order valence-electron chi connectivity index (χ0n) is 12.9. The summed E-state index contributed by atoms with van der Waals surface area (Å²) in [5.41, 5.74) is 6.16. The van der Waals surface area contributed by atoms with Crippen LogP contribution in [0.1, 0.15) is 28.4 Å². The maximum absolute atomic E-state index is 6.21. The first-order valence-corrected chi connectivity index (χ1v) is 7.93. The minimum atomic E-state index is -0.0219. The zero-order valence-corrected chi connectivity index (χ0v) is 12.9. The van der Waals surface area contributed by atoms with Crippen LogP contribution in [0.25, 0.3) is 11.6 Å². The van der Waals surface area contributed by atoms with Gasteiger partial charge >= 0.3 is 0 Å². The fourth-order valence-electron chi connectivity index (χ4n) is 3.12. The van der Waals surface area contributed by atoms with Crippen LogP contribution in [0.4, 0.5) is 0 Å². The van der Waals surface area contributed by atoms with E-state index in [1.807, 2.05) is 12.1 Å². The van der Waals surface area contributed by atoms with Gasteiger partial charge in [0.1, 0.15) is 6.10 Å². The Morgan fingerprint density at radius 1 is 0.739 bits per heavy atom. The predicted molar refractivity (Wildman–Crippen MR) is 94.7 cm³/mol. The molecule has 0 aromatic heterocycles. The van der Waals surface area contributed by atoms with Gasteiger partial charge in [0.25, 0.3) is 0 Å². The molecule has 0 saturated carbocycles. The first-order valence-electron chi connectivity index (χ1n) is 7.93. The van der Waals surface area contributed by atoms with Gasteiger partial charge in [0.05, 0.1) is 6.61 Å². The minimum absolute atomic E-state index is 0.0219. The Balaban J connectivity index is 1.86. The quantitative estimate of drug-likeness (QED) is 0.607. The van der Waals surface area contributed by atoms with E-state index in [4.69, 9.17) is 4.74 Å². The Kier molecular flexibility index (Phi) is 3.79. The first kappa shape index (κ1) is 14.0. The average Bonchev–Trinajstić information content (AvgIpc) is 2.64. The van der Waals surface area contributed by atoms with Crippen molar-refractivity contribution in [1.29, 1.82) is 0 Å². The van der Waals surface area contributed by atoms with Gasteiger partial charge in [-0.2, -0.15) is 0 Å². The largest absolute Gasteiger partial charge is 0.364 e. The van der Waals surface area contributed by atoms with E-state index < -0.39 is 0 Å². The monoisotopic (exact) mass is 298 g/mol. The predicted octanol–water partition coefficient (Wildman–Crippen LogP) is 5.50. The fraction of sp³-hybridized carbons (Fsp3) is 0.0909. The summed E-state index contributed by atoms with van der Waals surface area (Å²) in [6, 6.07) is 29.4. The molecule has 1 heterocycles. The Labute approximate surface area is 136 Å². The molecule has 0 amide bonds. The van der Waals surface area contributed by atoms with Gasteiger partial charge in [0.2, 0.25) is 0 Å². The van der Waals surface area contributed by atoms with Gasteiger partial charge in [-0.1, -0.05) is 84.9 Å². The Morgan fingerprint density at radius 3 is 2.17 bits per heavy atom. The third-order valence-electron chi connectivity index (χ3n) is 4.24. The van der Waals surface area contributed by atoms with Gasteiger partial charge in [0, 0.05) is 0 Å². The summed E-state index contributed by atoms with van der Waals surface area (Å²) in [5, 5.41) is 0. The lowest BCUT2D eigenvalue weighted by Crippen LogP contribution is -2.14. The number of fused-ring (bicyclic) bond motifs is 1. The van der Waals surface area contributed by atoms with Gasteiger partial charge in [-0.15, -0.1) is 0 Å². The van der Waals surface area contributed by atoms with E-state index in [1.165, 1.54) is 27.8 Å². The normalized spacial score (nSPS) is 18.6. The smallest absolute Gasteiger partial charge is 0.109 e. The molecule has 0 bridgehead atoms. The standard InChI is InChI=1S/C22H18O/c1-3-9-17(10-4-1)15-21-20-14-8-7-13-19(20)16-23-22(21)18-11-5-2-6-12-18/h1-15,22H,16H2/b21-15+. The van der Waals surface area contributed by atoms with Crippen molar-refractivity contribution in [1.82, 2.24) is 0 Å². The Bertz CT molecular complexity index is 819. The summed E-state index contributed by atoms with van der Waals surface area (Å²) in [4.78, 5) is 0. The third-order valence-corrected chi connectivity index (χ3v) is 4.24. The highest BCUT2D eigenvalue weighted by Gasteiger charge is 2.25. The van der Waals surface area contributed by atoms with E-state index in [2.05, 4.69) is 78.9 Å². The molecule has 3 aromatic carbocycles. The molecule has 1 nitrogen and oxygen atoms in total. The summed E-state index contributed by atoms with van der Waals surface area (Å²) in [7, 11) is 0. The van der Waals surface area contributed by atoms with Crippen molar-refractivity contribution in [2.24, 2.45) is 0 Å². The van der Waals surface area contributed by atoms with Gasteiger partial charge in [-0.05, 0) is 33.9 Å². The lowest BCUT2D eigenvalue weighted by Gasteiger charge is -2.29. The molecule has 0 radical (unpaired) electrons. The molecule has 0 saturated heterocycles. The van der Waals surface area contributed by atoms with Crippen LogP contribution >= 0.6 is 0 Å². The number of hydrogen-bond acceptors (Lipinski definition) is 1. The number of benzene rings is 3. The van der Waals surface area contributed by atoms with Gasteiger partial charge in [0.15, 0.2) is 0 Å². The molecule has 1 atom stereocenters. The summed E-state index contributed by atoms with van der Waals surface area (Å²) < 4.78 is 6.21. The lowest BCUT2D eigenvalue weighted by molar-refractivity contribution is 0.0715. The minimum Gasteiger partial charge on any atom is -0.364 e. The SMILES string of the molecule is C(=C1/c2ccccc2COC1c1ccccc1)/c1ccccc1. The van der Waals surface area contributed by atoms with Crippen LogP contribution in [0.15, 0.2) is 84.9 Å². The molecule has 0 spiro atoms. The molecule has 4 rings (SSSR count). The highest BCUT2D eigenvalue weighted by atomic mass is 16.5. The van der Waals surface area contributed by atoms with E-state index in [-0.39, 0.29) is 6.10 Å². The van der Waals surface area contributed by atoms with Gasteiger partial charge in [-0.3, -0.25) is 0 Å². The van der Waals surface area contributed by atoms with Crippen LogP contribution in [0.3, 0.4) is 0 Å². The second-order valence-corrected chi connectivity index (χ2v) is 5.77. The van der Waals surface area contributed by atoms with Crippen LogP contribution in [-0.2, 0) is 11.3 Å². The van der Waals surface area contributed by atoms with Crippen LogP contribution in [-0.4, -0.2) is 0 Å². The maximum Gasteiger partial charge on any atom is 0.109 e. The first-order chi connectivity index (χ1) is 11.4. The van der Waals surface area contributed by atoms with E-state index >= 15 is 0 Å². The van der Waals surface area contributed by atoms with Gasteiger partial charge in [-0.25, -0.2) is 0 Å². The average molecular weight is 298 g/mol. The second kappa shape index (κ2) is 6.23. The zero-order chi connectivity index (χ0) is 15.5. The topological polar surface area (TPSA) is 9.23 Å². The van der Waals surface area contributed by atoms with Crippen molar-refractivity contribution in [2.45, 2.75) is 12.7 Å². The molecule has 3 aromatic rings. The molecule has 1 aliphatic rings. The molecule has 0 fully saturated rings. The van der Waals surface area contributed by atoms with Crippen molar-refractivity contribution >= 4 is 11.6 Å². The van der Waals surface area contributed by atoms with E-state index in [0.717, 1.165) is 0 Å². The van der Waals surface area contributed by atoms with Crippen molar-refractivity contribution in [2.75, 3.05) is 0 Å². The summed E-state index contributed by atoms with van der Waals surface area (Å²) in [6.07, 6.45) is 2.22. The second-order valence-electron chi connectivity index (χ2n) is 5.77. The molecular formula is C22H18O. The third kappa shape index (κ3) is 2.84. The van der Waals surface area contributed by atoms with E-state index in [1.54, 1.807) is 0 Å². The van der Waals surface area contributed by atoms with Crippen molar-refractivity contribution in [3.05, 3.63) is 107 Å². The van der Waals surface area contributed by atoms with Crippen molar-refractivity contribution in [3.8, 4) is 0 Å². The number of ether oxygens (including phenoxy) is 1. The molecule has 112 valence electrons. The van der Waals surface area contributed by atoms with Crippen LogP contribution in [0.5, 0.6) is 0 Å². The van der Waals surface area contributed by atoms with Gasteiger partial charge < -0.3 is 4.74 Å². The summed E-state index contributed by atoms with van der Waals surface area (Å²) >= 11 is 0. The molecule has 23 heavy (non-hydrogen) atoms. The maximum atomic E-state index is 6.21. The molecule has 0 aliphatic carbocycles. The Morgan fingerprint density at radius 2 is 1.39 bits per heavy atom. The lowest BCUT2D eigenvalue weighted by atomic mass is 9.88. The van der Waals surface area contributed by atoms with Crippen molar-refractivity contribution in [3.63, 3.8) is 0 Å². The summed E-state index contributed by atoms with van der Waals surface area (Å²) in [5.74, 6) is 0. The number of hydrogen-bond donors (Lipinski definition) is 0. The molecule has 1 heteroatoms. The highest BCUT2D eigenvalue weighted by Crippen LogP contribution is 2.40. The van der Waals surface area contributed by atoms with Crippen molar-refractivity contribution < 1.29 is 4.74 Å².